The Balaban J connectivity index is 1.75. The molecule has 0 bridgehead atoms. The molecule has 2 rings (SSSR count). The molecule has 0 radical (unpaired) electrons. The summed E-state index contributed by atoms with van der Waals surface area (Å²) >= 11 is 0. The van der Waals surface area contributed by atoms with Gasteiger partial charge in [-0.2, -0.15) is 0 Å². The second kappa shape index (κ2) is 5.89. The van der Waals surface area contributed by atoms with Gasteiger partial charge < -0.3 is 5.32 Å². The topological polar surface area (TPSA) is 12.0 Å². The first kappa shape index (κ1) is 11.4. The van der Waals surface area contributed by atoms with Crippen LogP contribution in [0, 0.1) is 11.8 Å². The first-order valence-electron chi connectivity index (χ1n) is 7.13. The first-order chi connectivity index (χ1) is 7.40. The Kier molecular flexibility index (Phi) is 4.49. The standard InChI is InChI=1S/C14H27N/c1-2-10-15-14-9-5-8-13(11-14)12-6-3-4-7-12/h12-15H,2-11H2,1H3. The van der Waals surface area contributed by atoms with E-state index in [0.717, 1.165) is 17.9 Å². The maximum absolute atomic E-state index is 3.72. The van der Waals surface area contributed by atoms with E-state index in [-0.39, 0.29) is 0 Å². The van der Waals surface area contributed by atoms with E-state index in [2.05, 4.69) is 12.2 Å². The maximum Gasteiger partial charge on any atom is 0.00698 e. The van der Waals surface area contributed by atoms with Crippen molar-refractivity contribution in [1.29, 1.82) is 0 Å². The predicted molar refractivity (Wildman–Crippen MR) is 66.0 cm³/mol. The molecule has 0 spiro atoms. The molecule has 88 valence electrons. The highest BCUT2D eigenvalue weighted by Crippen LogP contribution is 2.39. The molecular weight excluding hydrogens is 182 g/mol. The monoisotopic (exact) mass is 209 g/mol. The third-order valence-electron chi connectivity index (χ3n) is 4.46. The Morgan fingerprint density at radius 1 is 0.933 bits per heavy atom. The van der Waals surface area contributed by atoms with Gasteiger partial charge in [0.15, 0.2) is 0 Å². The highest BCUT2D eigenvalue weighted by molar-refractivity contribution is 4.84. The Hall–Kier alpha value is -0.0400. The van der Waals surface area contributed by atoms with Gasteiger partial charge in [0.05, 0.1) is 0 Å². The molecule has 1 nitrogen and oxygen atoms in total. The van der Waals surface area contributed by atoms with Crippen molar-refractivity contribution in [2.75, 3.05) is 6.54 Å². The zero-order valence-electron chi connectivity index (χ0n) is 10.3. The SMILES string of the molecule is CCCNC1CCCC(C2CCCC2)C1. The van der Waals surface area contributed by atoms with E-state index in [9.17, 15) is 0 Å². The van der Waals surface area contributed by atoms with Crippen LogP contribution in [0.2, 0.25) is 0 Å². The van der Waals surface area contributed by atoms with Gasteiger partial charge in [-0.05, 0) is 37.6 Å². The molecule has 15 heavy (non-hydrogen) atoms. The zero-order valence-corrected chi connectivity index (χ0v) is 10.3. The average Bonchev–Trinajstić information content (AvgIpc) is 2.80. The van der Waals surface area contributed by atoms with Crippen molar-refractivity contribution in [3.63, 3.8) is 0 Å². The van der Waals surface area contributed by atoms with Gasteiger partial charge in [-0.3, -0.25) is 0 Å². The van der Waals surface area contributed by atoms with Crippen LogP contribution in [0.5, 0.6) is 0 Å². The maximum atomic E-state index is 3.72. The highest BCUT2D eigenvalue weighted by atomic mass is 14.9. The van der Waals surface area contributed by atoms with Gasteiger partial charge in [0.1, 0.15) is 0 Å². The van der Waals surface area contributed by atoms with Crippen molar-refractivity contribution >= 4 is 0 Å². The van der Waals surface area contributed by atoms with E-state index in [4.69, 9.17) is 0 Å². The van der Waals surface area contributed by atoms with Gasteiger partial charge in [0.25, 0.3) is 0 Å². The molecule has 1 heteroatoms. The van der Waals surface area contributed by atoms with Gasteiger partial charge in [0, 0.05) is 6.04 Å². The van der Waals surface area contributed by atoms with Crippen molar-refractivity contribution in [2.45, 2.75) is 70.8 Å². The first-order valence-corrected chi connectivity index (χ1v) is 7.13. The number of nitrogens with one attached hydrogen (secondary N) is 1. The summed E-state index contributed by atoms with van der Waals surface area (Å²) in [5, 5.41) is 3.72. The van der Waals surface area contributed by atoms with E-state index in [0.29, 0.717) is 0 Å². The Morgan fingerprint density at radius 3 is 2.40 bits per heavy atom. The average molecular weight is 209 g/mol. The molecule has 0 aromatic heterocycles. The minimum Gasteiger partial charge on any atom is -0.314 e. The molecule has 0 aromatic carbocycles. The zero-order chi connectivity index (χ0) is 10.5. The Labute approximate surface area is 95.0 Å². The number of hydrogen-bond acceptors (Lipinski definition) is 1. The van der Waals surface area contributed by atoms with Gasteiger partial charge >= 0.3 is 0 Å². The molecule has 2 atom stereocenters. The third-order valence-corrected chi connectivity index (χ3v) is 4.46. The van der Waals surface area contributed by atoms with E-state index in [1.807, 2.05) is 0 Å². The number of hydrogen-bond donors (Lipinski definition) is 1. The molecule has 0 aliphatic heterocycles. The summed E-state index contributed by atoms with van der Waals surface area (Å²) in [5.74, 6) is 2.16. The normalized spacial score (nSPS) is 33.4. The summed E-state index contributed by atoms with van der Waals surface area (Å²) < 4.78 is 0. The quantitative estimate of drug-likeness (QED) is 0.744. The van der Waals surface area contributed by atoms with Crippen molar-refractivity contribution in [3.8, 4) is 0 Å². The smallest absolute Gasteiger partial charge is 0.00698 e. The van der Waals surface area contributed by atoms with Crippen LogP contribution in [0.3, 0.4) is 0 Å². The summed E-state index contributed by atoms with van der Waals surface area (Å²) in [7, 11) is 0. The molecular formula is C14H27N. The largest absolute Gasteiger partial charge is 0.314 e. The lowest BCUT2D eigenvalue weighted by Crippen LogP contribution is -2.36. The third kappa shape index (κ3) is 3.21. The van der Waals surface area contributed by atoms with Crippen molar-refractivity contribution < 1.29 is 0 Å². The van der Waals surface area contributed by atoms with Gasteiger partial charge in [0.2, 0.25) is 0 Å². The van der Waals surface area contributed by atoms with E-state index in [1.54, 1.807) is 0 Å². The van der Waals surface area contributed by atoms with Crippen molar-refractivity contribution in [3.05, 3.63) is 0 Å². The molecule has 2 unspecified atom stereocenters. The molecule has 2 fully saturated rings. The fraction of sp³-hybridized carbons (Fsp3) is 1.00. The van der Waals surface area contributed by atoms with Gasteiger partial charge in [-0.25, -0.2) is 0 Å². The summed E-state index contributed by atoms with van der Waals surface area (Å²) in [5.41, 5.74) is 0. The fourth-order valence-electron chi connectivity index (χ4n) is 3.62. The summed E-state index contributed by atoms with van der Waals surface area (Å²) in [4.78, 5) is 0. The lowest BCUT2D eigenvalue weighted by atomic mass is 9.77. The van der Waals surface area contributed by atoms with Crippen LogP contribution >= 0.6 is 0 Å². The van der Waals surface area contributed by atoms with Gasteiger partial charge in [-0.1, -0.05) is 45.4 Å². The minimum atomic E-state index is 0.851. The van der Waals surface area contributed by atoms with Crippen LogP contribution in [0.15, 0.2) is 0 Å². The van der Waals surface area contributed by atoms with Gasteiger partial charge in [-0.15, -0.1) is 0 Å². The van der Waals surface area contributed by atoms with Crippen molar-refractivity contribution in [2.24, 2.45) is 11.8 Å². The molecule has 0 saturated heterocycles. The second-order valence-corrected chi connectivity index (χ2v) is 5.62. The second-order valence-electron chi connectivity index (χ2n) is 5.62. The summed E-state index contributed by atoms with van der Waals surface area (Å²) in [6.07, 6.45) is 13.3. The molecule has 2 aliphatic rings. The van der Waals surface area contributed by atoms with E-state index >= 15 is 0 Å². The summed E-state index contributed by atoms with van der Waals surface area (Å²) in [6, 6.07) is 0.851. The van der Waals surface area contributed by atoms with Crippen molar-refractivity contribution in [1.82, 2.24) is 5.32 Å². The lowest BCUT2D eigenvalue weighted by Gasteiger charge is -2.33. The molecule has 2 saturated carbocycles. The number of rotatable bonds is 4. The van der Waals surface area contributed by atoms with Crippen LogP contribution in [0.25, 0.3) is 0 Å². The van der Waals surface area contributed by atoms with Crippen LogP contribution in [-0.2, 0) is 0 Å². The van der Waals surface area contributed by atoms with Crippen LogP contribution in [-0.4, -0.2) is 12.6 Å². The van der Waals surface area contributed by atoms with Crippen LogP contribution in [0.4, 0.5) is 0 Å². The predicted octanol–water partition coefficient (Wildman–Crippen LogP) is 3.74. The fourth-order valence-corrected chi connectivity index (χ4v) is 3.62. The molecule has 1 N–H and O–H groups in total. The highest BCUT2D eigenvalue weighted by Gasteiger charge is 2.29. The summed E-state index contributed by atoms with van der Waals surface area (Å²) in [6.45, 7) is 3.49. The van der Waals surface area contributed by atoms with E-state index in [1.165, 1.54) is 64.3 Å². The molecule has 0 aromatic rings. The Bertz CT molecular complexity index is 172. The lowest BCUT2D eigenvalue weighted by molar-refractivity contribution is 0.212. The van der Waals surface area contributed by atoms with E-state index < -0.39 is 0 Å². The molecule has 0 heterocycles. The molecule has 2 aliphatic carbocycles. The van der Waals surface area contributed by atoms with Crippen LogP contribution in [0.1, 0.15) is 64.7 Å². The minimum absolute atomic E-state index is 0.851. The molecule has 0 amide bonds. The van der Waals surface area contributed by atoms with Crippen LogP contribution < -0.4 is 5.32 Å². The Morgan fingerprint density at radius 2 is 1.67 bits per heavy atom.